The Morgan fingerprint density at radius 1 is 1.08 bits per heavy atom. The fourth-order valence-electron chi connectivity index (χ4n) is 3.04. The molecule has 2 aliphatic rings. The van der Waals surface area contributed by atoms with E-state index in [1.165, 1.54) is 0 Å². The van der Waals surface area contributed by atoms with Gasteiger partial charge in [0.2, 0.25) is 0 Å². The van der Waals surface area contributed by atoms with Crippen LogP contribution in [0.2, 0.25) is 0 Å². The third-order valence-electron chi connectivity index (χ3n) is 4.16. The van der Waals surface area contributed by atoms with Crippen LogP contribution in [-0.2, 0) is 14.3 Å². The number of anilines is 1. The summed E-state index contributed by atoms with van der Waals surface area (Å²) in [6.07, 6.45) is 2.52. The van der Waals surface area contributed by atoms with E-state index in [-0.39, 0.29) is 12.2 Å². The van der Waals surface area contributed by atoms with Crippen molar-refractivity contribution < 1.29 is 18.7 Å². The van der Waals surface area contributed by atoms with E-state index in [2.05, 4.69) is 0 Å². The second-order valence-corrected chi connectivity index (χ2v) is 5.72. The van der Waals surface area contributed by atoms with Crippen LogP contribution in [0.25, 0.3) is 6.08 Å². The zero-order valence-electron chi connectivity index (χ0n) is 13.4. The molecule has 0 radical (unpaired) electrons. The van der Waals surface area contributed by atoms with Gasteiger partial charge in [0.25, 0.3) is 5.91 Å². The number of furan rings is 1. The molecule has 0 atom stereocenters. The highest BCUT2D eigenvalue weighted by atomic mass is 16.9. The van der Waals surface area contributed by atoms with Crippen LogP contribution in [0.5, 0.6) is 0 Å². The van der Waals surface area contributed by atoms with E-state index >= 15 is 0 Å². The molecular formula is C19H17NO4. The Balaban J connectivity index is 1.80. The number of hydrogen-bond acceptors (Lipinski definition) is 4. The zero-order valence-corrected chi connectivity index (χ0v) is 13.4. The van der Waals surface area contributed by atoms with Crippen LogP contribution >= 0.6 is 0 Å². The third kappa shape index (κ3) is 2.38. The predicted molar refractivity (Wildman–Crippen MR) is 88.7 cm³/mol. The van der Waals surface area contributed by atoms with Crippen molar-refractivity contribution in [2.75, 3.05) is 4.90 Å². The Hall–Kier alpha value is -2.63. The van der Waals surface area contributed by atoms with Crippen molar-refractivity contribution in [2.45, 2.75) is 26.4 Å². The number of allylic oxidation sites excluding steroid dienone is 1. The Morgan fingerprint density at radius 3 is 2.46 bits per heavy atom. The first-order valence-electron chi connectivity index (χ1n) is 7.82. The molecule has 2 aliphatic heterocycles. The minimum atomic E-state index is -0.529. The Morgan fingerprint density at radius 2 is 1.83 bits per heavy atom. The summed E-state index contributed by atoms with van der Waals surface area (Å²) in [5.41, 5.74) is 2.90. The Kier molecular flexibility index (Phi) is 3.59. The molecule has 1 fully saturated rings. The molecule has 4 rings (SSSR count). The van der Waals surface area contributed by atoms with E-state index in [1.807, 2.05) is 50.2 Å². The topological polar surface area (TPSA) is 51.9 Å². The van der Waals surface area contributed by atoms with Gasteiger partial charge in [0.1, 0.15) is 5.76 Å². The first kappa shape index (κ1) is 14.9. The summed E-state index contributed by atoms with van der Waals surface area (Å²) in [6, 6.07) is 13.1. The van der Waals surface area contributed by atoms with Gasteiger partial charge in [-0.25, -0.2) is 0 Å². The summed E-state index contributed by atoms with van der Waals surface area (Å²) in [6.45, 7) is 3.73. The fraction of sp³-hybridized carbons (Fsp3) is 0.211. The Labute approximate surface area is 139 Å². The first-order valence-corrected chi connectivity index (χ1v) is 7.82. The van der Waals surface area contributed by atoms with E-state index in [4.69, 9.17) is 13.9 Å². The molecule has 5 nitrogen and oxygen atoms in total. The van der Waals surface area contributed by atoms with Crippen LogP contribution in [0.15, 0.2) is 70.0 Å². The molecule has 1 amide bonds. The normalized spacial score (nSPS) is 25.5. The van der Waals surface area contributed by atoms with E-state index in [1.54, 1.807) is 23.3 Å². The van der Waals surface area contributed by atoms with Gasteiger partial charge >= 0.3 is 0 Å². The second kappa shape index (κ2) is 5.78. The SMILES string of the molecule is CC1=C(C2OC(C)O2)/C(=C/c2ccco2)C(=O)N1c1ccccc1. The lowest BCUT2D eigenvalue weighted by atomic mass is 10.0. The monoisotopic (exact) mass is 323 g/mol. The highest BCUT2D eigenvalue weighted by Gasteiger charge is 2.43. The van der Waals surface area contributed by atoms with Crippen LogP contribution in [-0.4, -0.2) is 18.5 Å². The minimum Gasteiger partial charge on any atom is -0.465 e. The number of carbonyl (C=O) groups is 1. The maximum Gasteiger partial charge on any atom is 0.263 e. The largest absolute Gasteiger partial charge is 0.465 e. The van der Waals surface area contributed by atoms with Gasteiger partial charge in [-0.1, -0.05) is 18.2 Å². The predicted octanol–water partition coefficient (Wildman–Crippen LogP) is 3.70. The lowest BCUT2D eigenvalue weighted by Gasteiger charge is -2.35. The van der Waals surface area contributed by atoms with Crippen molar-refractivity contribution in [3.05, 3.63) is 71.3 Å². The van der Waals surface area contributed by atoms with Gasteiger partial charge < -0.3 is 13.9 Å². The number of rotatable bonds is 3. The zero-order chi connectivity index (χ0) is 16.7. The highest BCUT2D eigenvalue weighted by molar-refractivity contribution is 6.17. The summed E-state index contributed by atoms with van der Waals surface area (Å²) in [5, 5.41) is 0. The lowest BCUT2D eigenvalue weighted by Crippen LogP contribution is -2.40. The average molecular weight is 323 g/mol. The van der Waals surface area contributed by atoms with Gasteiger partial charge in [-0.15, -0.1) is 0 Å². The number of ether oxygens (including phenoxy) is 2. The van der Waals surface area contributed by atoms with Gasteiger partial charge in [-0.2, -0.15) is 0 Å². The molecule has 2 aromatic rings. The van der Waals surface area contributed by atoms with E-state index in [9.17, 15) is 4.79 Å². The van der Waals surface area contributed by atoms with E-state index < -0.39 is 6.29 Å². The molecule has 1 aromatic heterocycles. The molecule has 24 heavy (non-hydrogen) atoms. The summed E-state index contributed by atoms with van der Waals surface area (Å²) in [4.78, 5) is 14.7. The van der Waals surface area contributed by atoms with E-state index in [0.29, 0.717) is 11.3 Å². The molecule has 1 saturated heterocycles. The minimum absolute atomic E-state index is 0.114. The summed E-state index contributed by atoms with van der Waals surface area (Å²) in [7, 11) is 0. The van der Waals surface area contributed by atoms with Gasteiger partial charge in [0, 0.05) is 17.0 Å². The van der Waals surface area contributed by atoms with E-state index in [0.717, 1.165) is 17.0 Å². The number of para-hydroxylation sites is 1. The number of hydrogen-bond donors (Lipinski definition) is 0. The molecule has 0 saturated carbocycles. The van der Waals surface area contributed by atoms with Crippen LogP contribution in [0, 0.1) is 0 Å². The average Bonchev–Trinajstić information content (AvgIpc) is 3.14. The summed E-state index contributed by atoms with van der Waals surface area (Å²) >= 11 is 0. The van der Waals surface area contributed by atoms with Gasteiger partial charge in [-0.3, -0.25) is 9.69 Å². The van der Waals surface area contributed by atoms with Crippen molar-refractivity contribution >= 4 is 17.7 Å². The fourth-order valence-corrected chi connectivity index (χ4v) is 3.04. The quantitative estimate of drug-likeness (QED) is 0.808. The van der Waals surface area contributed by atoms with Crippen molar-refractivity contribution in [3.63, 3.8) is 0 Å². The maximum absolute atomic E-state index is 13.0. The Bertz CT molecular complexity index is 814. The van der Waals surface area contributed by atoms with Gasteiger partial charge in [-0.05, 0) is 44.2 Å². The second-order valence-electron chi connectivity index (χ2n) is 5.72. The summed E-state index contributed by atoms with van der Waals surface area (Å²) in [5.74, 6) is 0.503. The maximum atomic E-state index is 13.0. The standard InChI is InChI=1S/C19H17NO4/c1-12-17(19-23-13(2)24-19)16(11-15-9-6-10-22-15)18(21)20(12)14-7-4-3-5-8-14/h3-11,13,19H,1-2H3/b16-11-. The van der Waals surface area contributed by atoms with Gasteiger partial charge in [0.05, 0.1) is 11.8 Å². The van der Waals surface area contributed by atoms with Crippen LogP contribution in [0.4, 0.5) is 5.69 Å². The molecule has 0 aliphatic carbocycles. The van der Waals surface area contributed by atoms with Crippen molar-refractivity contribution in [2.24, 2.45) is 0 Å². The van der Waals surface area contributed by atoms with Gasteiger partial charge in [0.15, 0.2) is 12.6 Å². The first-order chi connectivity index (χ1) is 11.6. The number of amides is 1. The summed E-state index contributed by atoms with van der Waals surface area (Å²) < 4.78 is 16.7. The molecule has 0 spiro atoms. The molecule has 0 N–H and O–H groups in total. The molecular weight excluding hydrogens is 306 g/mol. The molecule has 3 heterocycles. The van der Waals surface area contributed by atoms with Crippen LogP contribution in [0.3, 0.4) is 0 Å². The van der Waals surface area contributed by atoms with Crippen LogP contribution in [0.1, 0.15) is 19.6 Å². The molecule has 1 aromatic carbocycles. The highest BCUT2D eigenvalue weighted by Crippen LogP contribution is 2.40. The lowest BCUT2D eigenvalue weighted by molar-refractivity contribution is -0.358. The smallest absolute Gasteiger partial charge is 0.263 e. The number of nitrogens with zero attached hydrogens (tertiary/aromatic N) is 1. The number of benzene rings is 1. The van der Waals surface area contributed by atoms with Crippen molar-refractivity contribution in [1.29, 1.82) is 0 Å². The van der Waals surface area contributed by atoms with Crippen LogP contribution < -0.4 is 4.90 Å². The molecule has 122 valence electrons. The van der Waals surface area contributed by atoms with Crippen molar-refractivity contribution in [3.8, 4) is 0 Å². The molecule has 0 unspecified atom stereocenters. The third-order valence-corrected chi connectivity index (χ3v) is 4.16. The number of carbonyl (C=O) groups excluding carboxylic acids is 1. The molecule has 5 heteroatoms. The molecule has 0 bridgehead atoms. The van der Waals surface area contributed by atoms with Crippen molar-refractivity contribution in [1.82, 2.24) is 0 Å².